The minimum absolute atomic E-state index is 0.222. The molecule has 0 unspecified atom stereocenters. The molecular weight excluding hydrogens is 404 g/mol. The van der Waals surface area contributed by atoms with Crippen LogP contribution in [0.15, 0.2) is 69.1 Å². The zero-order valence-corrected chi connectivity index (χ0v) is 17.1. The Bertz CT molecular complexity index is 1210. The summed E-state index contributed by atoms with van der Waals surface area (Å²) in [5, 5.41) is 4.51. The zero-order chi connectivity index (χ0) is 20.9. The highest BCUT2D eigenvalue weighted by Crippen LogP contribution is 2.32. The van der Waals surface area contributed by atoms with E-state index in [-0.39, 0.29) is 5.56 Å². The minimum Gasteiger partial charge on any atom is -0.497 e. The van der Waals surface area contributed by atoms with Crippen molar-refractivity contribution >= 4 is 11.8 Å². The maximum Gasteiger partial charge on any atom is 0.252 e. The van der Waals surface area contributed by atoms with Gasteiger partial charge >= 0.3 is 0 Å². The third kappa shape index (κ3) is 4.36. The lowest BCUT2D eigenvalue weighted by molar-refractivity contribution is 0.388. The summed E-state index contributed by atoms with van der Waals surface area (Å²) in [6.45, 7) is 0. The number of benzene rings is 2. The van der Waals surface area contributed by atoms with Crippen molar-refractivity contribution in [2.24, 2.45) is 0 Å². The number of hydrogen-bond acceptors (Lipinski definition) is 8. The Labute approximate surface area is 176 Å². The Morgan fingerprint density at radius 3 is 2.63 bits per heavy atom. The second kappa shape index (κ2) is 8.83. The lowest BCUT2D eigenvalue weighted by atomic mass is 10.1. The van der Waals surface area contributed by atoms with Crippen LogP contribution in [0.5, 0.6) is 11.5 Å². The Morgan fingerprint density at radius 1 is 1.03 bits per heavy atom. The summed E-state index contributed by atoms with van der Waals surface area (Å²) in [7, 11) is 3.15. The first-order chi connectivity index (χ1) is 14.7. The van der Waals surface area contributed by atoms with Crippen LogP contribution in [-0.4, -0.2) is 34.3 Å². The van der Waals surface area contributed by atoms with Crippen molar-refractivity contribution in [2.45, 2.75) is 10.9 Å². The third-order valence-electron chi connectivity index (χ3n) is 4.24. The zero-order valence-electron chi connectivity index (χ0n) is 16.3. The van der Waals surface area contributed by atoms with E-state index in [2.05, 4.69) is 20.1 Å². The van der Waals surface area contributed by atoms with Crippen LogP contribution in [-0.2, 0) is 5.75 Å². The third-order valence-corrected chi connectivity index (χ3v) is 5.10. The standard InChI is InChI=1S/C21H18N4O4S/c1-27-14-8-9-15(17(10-14)28-2)20-24-19(29-25-20)12-30-21-22-16(11-18(26)23-21)13-6-4-3-5-7-13/h3-11H,12H2,1-2H3,(H,22,23,26). The van der Waals surface area contributed by atoms with E-state index in [1.165, 1.54) is 17.8 Å². The largest absolute Gasteiger partial charge is 0.497 e. The molecule has 9 heteroatoms. The maximum atomic E-state index is 12.0. The molecule has 0 amide bonds. The van der Waals surface area contributed by atoms with E-state index in [0.717, 1.165) is 5.56 Å². The molecule has 0 aliphatic rings. The van der Waals surface area contributed by atoms with Gasteiger partial charge < -0.3 is 19.0 Å². The predicted molar refractivity (Wildman–Crippen MR) is 113 cm³/mol. The van der Waals surface area contributed by atoms with Gasteiger partial charge in [0, 0.05) is 17.7 Å². The maximum absolute atomic E-state index is 12.0. The van der Waals surface area contributed by atoms with E-state index in [1.807, 2.05) is 36.4 Å². The van der Waals surface area contributed by atoms with Crippen LogP contribution in [0.1, 0.15) is 5.89 Å². The van der Waals surface area contributed by atoms with Gasteiger partial charge in [0.2, 0.25) is 11.7 Å². The highest BCUT2D eigenvalue weighted by molar-refractivity contribution is 7.98. The number of thioether (sulfide) groups is 1. The average Bonchev–Trinajstić information content (AvgIpc) is 3.26. The number of hydrogen-bond donors (Lipinski definition) is 1. The Balaban J connectivity index is 1.52. The summed E-state index contributed by atoms with van der Waals surface area (Å²) in [5.74, 6) is 2.41. The molecule has 152 valence electrons. The molecule has 0 saturated carbocycles. The number of nitrogens with one attached hydrogen (secondary N) is 1. The van der Waals surface area contributed by atoms with Crippen molar-refractivity contribution in [2.75, 3.05) is 14.2 Å². The summed E-state index contributed by atoms with van der Waals surface area (Å²) in [5.41, 5.74) is 1.95. The van der Waals surface area contributed by atoms with Crippen LogP contribution >= 0.6 is 11.8 Å². The van der Waals surface area contributed by atoms with E-state index >= 15 is 0 Å². The first-order valence-corrected chi connectivity index (χ1v) is 9.99. The Kier molecular flexibility index (Phi) is 5.80. The van der Waals surface area contributed by atoms with Crippen LogP contribution in [0.2, 0.25) is 0 Å². The number of rotatable bonds is 7. The highest BCUT2D eigenvalue weighted by atomic mass is 32.2. The van der Waals surface area contributed by atoms with Crippen molar-refractivity contribution in [3.05, 3.63) is 70.8 Å². The summed E-state index contributed by atoms with van der Waals surface area (Å²) < 4.78 is 16.0. The second-order valence-corrected chi connectivity index (χ2v) is 7.13. The molecule has 4 aromatic rings. The fourth-order valence-corrected chi connectivity index (χ4v) is 3.51. The van der Waals surface area contributed by atoms with Gasteiger partial charge in [-0.25, -0.2) is 4.98 Å². The van der Waals surface area contributed by atoms with Gasteiger partial charge in [-0.05, 0) is 12.1 Å². The van der Waals surface area contributed by atoms with Crippen molar-refractivity contribution in [1.29, 1.82) is 0 Å². The number of H-pyrrole nitrogens is 1. The number of nitrogens with zero attached hydrogens (tertiary/aromatic N) is 3. The average molecular weight is 422 g/mol. The Morgan fingerprint density at radius 2 is 1.87 bits per heavy atom. The van der Waals surface area contributed by atoms with Crippen molar-refractivity contribution in [3.8, 4) is 34.1 Å². The fourth-order valence-electron chi connectivity index (χ4n) is 2.80. The lowest BCUT2D eigenvalue weighted by Gasteiger charge is -2.07. The first-order valence-electron chi connectivity index (χ1n) is 9.01. The molecule has 1 N–H and O–H groups in total. The molecule has 0 bridgehead atoms. The molecule has 8 nitrogen and oxygen atoms in total. The molecule has 0 saturated heterocycles. The van der Waals surface area contributed by atoms with Crippen molar-refractivity contribution in [3.63, 3.8) is 0 Å². The molecule has 0 radical (unpaired) electrons. The quantitative estimate of drug-likeness (QED) is 0.354. The van der Waals surface area contributed by atoms with Gasteiger partial charge in [0.15, 0.2) is 5.16 Å². The molecule has 0 aliphatic carbocycles. The van der Waals surface area contributed by atoms with Crippen LogP contribution < -0.4 is 15.0 Å². The number of methoxy groups -OCH3 is 2. The smallest absolute Gasteiger partial charge is 0.252 e. The van der Waals surface area contributed by atoms with Crippen LogP contribution in [0.3, 0.4) is 0 Å². The van der Waals surface area contributed by atoms with Gasteiger partial charge in [0.05, 0.1) is 31.2 Å². The summed E-state index contributed by atoms with van der Waals surface area (Å²) in [6.07, 6.45) is 0. The van der Waals surface area contributed by atoms with E-state index in [1.54, 1.807) is 26.4 Å². The van der Waals surface area contributed by atoms with Crippen LogP contribution in [0, 0.1) is 0 Å². The molecule has 2 heterocycles. The van der Waals surface area contributed by atoms with Gasteiger partial charge in [-0.1, -0.05) is 47.3 Å². The molecule has 4 rings (SSSR count). The summed E-state index contributed by atoms with van der Waals surface area (Å²) in [4.78, 5) is 23.7. The molecule has 0 spiro atoms. The summed E-state index contributed by atoms with van der Waals surface area (Å²) in [6, 6.07) is 16.4. The van der Waals surface area contributed by atoms with E-state index in [0.29, 0.717) is 45.4 Å². The predicted octanol–water partition coefficient (Wildman–Crippen LogP) is 3.80. The van der Waals surface area contributed by atoms with E-state index in [9.17, 15) is 4.79 Å². The molecule has 2 aromatic heterocycles. The molecule has 30 heavy (non-hydrogen) atoms. The van der Waals surface area contributed by atoms with Gasteiger partial charge in [0.25, 0.3) is 5.56 Å². The van der Waals surface area contributed by atoms with Crippen LogP contribution in [0.4, 0.5) is 0 Å². The number of aromatic nitrogens is 4. The van der Waals surface area contributed by atoms with Crippen molar-refractivity contribution < 1.29 is 14.0 Å². The van der Waals surface area contributed by atoms with E-state index < -0.39 is 0 Å². The first kappa shape index (κ1) is 19.7. The minimum atomic E-state index is -0.222. The highest BCUT2D eigenvalue weighted by Gasteiger charge is 2.15. The topological polar surface area (TPSA) is 103 Å². The second-order valence-electron chi connectivity index (χ2n) is 6.17. The molecule has 0 atom stereocenters. The van der Waals surface area contributed by atoms with Gasteiger partial charge in [0.1, 0.15) is 11.5 Å². The van der Waals surface area contributed by atoms with Crippen LogP contribution in [0.25, 0.3) is 22.6 Å². The van der Waals surface area contributed by atoms with Gasteiger partial charge in [-0.2, -0.15) is 4.98 Å². The number of aromatic amines is 1. The summed E-state index contributed by atoms with van der Waals surface area (Å²) >= 11 is 1.31. The molecular formula is C21H18N4O4S. The molecule has 2 aromatic carbocycles. The monoisotopic (exact) mass is 422 g/mol. The molecule has 0 aliphatic heterocycles. The fraction of sp³-hybridized carbons (Fsp3) is 0.143. The van der Waals surface area contributed by atoms with Gasteiger partial charge in [-0.3, -0.25) is 4.79 Å². The normalized spacial score (nSPS) is 10.7. The Hall–Kier alpha value is -3.59. The molecule has 0 fully saturated rings. The SMILES string of the molecule is COc1ccc(-c2noc(CSc3nc(-c4ccccc4)cc(=O)[nH]3)n2)c(OC)c1. The van der Waals surface area contributed by atoms with E-state index in [4.69, 9.17) is 14.0 Å². The lowest BCUT2D eigenvalue weighted by Crippen LogP contribution is -2.08. The van der Waals surface area contributed by atoms with Gasteiger partial charge in [-0.15, -0.1) is 0 Å². The number of ether oxygens (including phenoxy) is 2. The van der Waals surface area contributed by atoms with Crippen molar-refractivity contribution in [1.82, 2.24) is 20.1 Å².